The third-order valence-corrected chi connectivity index (χ3v) is 4.23. The molecule has 2 aromatic heterocycles. The number of carbonyl (C=O) groups excluding carboxylic acids is 1. The fraction of sp³-hybridized carbons (Fsp3) is 0.235. The van der Waals surface area contributed by atoms with Crippen LogP contribution in [0.2, 0.25) is 0 Å². The molecule has 24 heavy (non-hydrogen) atoms. The Hall–Kier alpha value is -2.54. The van der Waals surface area contributed by atoms with Crippen molar-refractivity contribution in [2.45, 2.75) is 19.8 Å². The summed E-state index contributed by atoms with van der Waals surface area (Å²) in [7, 11) is 0. The van der Waals surface area contributed by atoms with Crippen molar-refractivity contribution >= 4 is 22.9 Å². The Balaban J connectivity index is 1.63. The molecule has 0 fully saturated rings. The summed E-state index contributed by atoms with van der Waals surface area (Å²) in [5, 5.41) is 11.8. The number of nitrogens with zero attached hydrogens (tertiary/aromatic N) is 3. The van der Waals surface area contributed by atoms with Crippen LogP contribution in [0.3, 0.4) is 0 Å². The molecule has 0 N–H and O–H groups in total. The van der Waals surface area contributed by atoms with E-state index >= 15 is 0 Å². The van der Waals surface area contributed by atoms with Gasteiger partial charge in [0.05, 0.1) is 0 Å². The molecular formula is C17H16FN3O2S. The zero-order chi connectivity index (χ0) is 16.9. The standard InChI is InChI=1S/C17H16FN3O2S/c1-2-21(14-5-3-13(18)4-6-14)16(22)8-7-15-19-20-17(23-15)12-9-10-24-11-12/h3-6,9-11H,2,7-8H2,1H3. The molecule has 0 saturated carbocycles. The van der Waals surface area contributed by atoms with Crippen LogP contribution in [-0.4, -0.2) is 22.6 Å². The van der Waals surface area contributed by atoms with Crippen molar-refractivity contribution in [2.24, 2.45) is 0 Å². The molecule has 0 bridgehead atoms. The van der Waals surface area contributed by atoms with Crippen molar-refractivity contribution in [1.82, 2.24) is 10.2 Å². The number of carbonyl (C=O) groups is 1. The second-order valence-corrected chi connectivity index (χ2v) is 5.91. The number of aryl methyl sites for hydroxylation is 1. The van der Waals surface area contributed by atoms with Crippen LogP contribution < -0.4 is 4.90 Å². The highest BCUT2D eigenvalue weighted by Gasteiger charge is 2.16. The zero-order valence-corrected chi connectivity index (χ0v) is 13.9. The first-order valence-corrected chi connectivity index (χ1v) is 8.52. The topological polar surface area (TPSA) is 59.2 Å². The molecule has 3 aromatic rings. The summed E-state index contributed by atoms with van der Waals surface area (Å²) in [6.07, 6.45) is 0.615. The number of aromatic nitrogens is 2. The number of amides is 1. The summed E-state index contributed by atoms with van der Waals surface area (Å²) in [5.74, 6) is 0.498. The van der Waals surface area contributed by atoms with Crippen LogP contribution in [0, 0.1) is 5.82 Å². The fourth-order valence-electron chi connectivity index (χ4n) is 2.33. The van der Waals surface area contributed by atoms with Crippen LogP contribution in [0.1, 0.15) is 19.2 Å². The average molecular weight is 345 g/mol. The highest BCUT2D eigenvalue weighted by Crippen LogP contribution is 2.21. The Bertz CT molecular complexity index is 800. The molecule has 1 amide bonds. The van der Waals surface area contributed by atoms with Gasteiger partial charge in [-0.2, -0.15) is 11.3 Å². The van der Waals surface area contributed by atoms with E-state index in [9.17, 15) is 9.18 Å². The van der Waals surface area contributed by atoms with Crippen LogP contribution in [-0.2, 0) is 11.2 Å². The minimum Gasteiger partial charge on any atom is -0.421 e. The van der Waals surface area contributed by atoms with E-state index in [1.54, 1.807) is 28.4 Å². The number of halogens is 1. The normalized spacial score (nSPS) is 10.8. The van der Waals surface area contributed by atoms with Gasteiger partial charge in [-0.25, -0.2) is 4.39 Å². The van der Waals surface area contributed by atoms with E-state index in [4.69, 9.17) is 4.42 Å². The summed E-state index contributed by atoms with van der Waals surface area (Å²) in [6, 6.07) is 7.78. The van der Waals surface area contributed by atoms with Crippen molar-refractivity contribution in [3.05, 3.63) is 52.8 Å². The minimum absolute atomic E-state index is 0.0700. The lowest BCUT2D eigenvalue weighted by Crippen LogP contribution is -2.30. The van der Waals surface area contributed by atoms with Gasteiger partial charge in [0.15, 0.2) is 0 Å². The summed E-state index contributed by atoms with van der Waals surface area (Å²) in [5.41, 5.74) is 1.56. The summed E-state index contributed by atoms with van der Waals surface area (Å²) < 4.78 is 18.6. The lowest BCUT2D eigenvalue weighted by molar-refractivity contribution is -0.118. The van der Waals surface area contributed by atoms with Gasteiger partial charge in [-0.15, -0.1) is 10.2 Å². The first kappa shape index (κ1) is 16.3. The Labute approximate surface area is 142 Å². The molecule has 1 aromatic carbocycles. The number of benzene rings is 1. The third-order valence-electron chi connectivity index (χ3n) is 3.54. The monoisotopic (exact) mass is 345 g/mol. The molecule has 0 spiro atoms. The van der Waals surface area contributed by atoms with E-state index in [2.05, 4.69) is 10.2 Å². The largest absolute Gasteiger partial charge is 0.421 e. The zero-order valence-electron chi connectivity index (χ0n) is 13.1. The van der Waals surface area contributed by atoms with Crippen molar-refractivity contribution in [3.63, 3.8) is 0 Å². The number of anilines is 1. The highest BCUT2D eigenvalue weighted by molar-refractivity contribution is 7.08. The fourth-order valence-corrected chi connectivity index (χ4v) is 2.96. The Morgan fingerprint density at radius 3 is 2.71 bits per heavy atom. The third kappa shape index (κ3) is 3.68. The van der Waals surface area contributed by atoms with Crippen molar-refractivity contribution in [3.8, 4) is 11.5 Å². The summed E-state index contributed by atoms with van der Waals surface area (Å²) >= 11 is 1.55. The predicted molar refractivity (Wildman–Crippen MR) is 90.4 cm³/mol. The first-order valence-electron chi connectivity index (χ1n) is 7.58. The van der Waals surface area contributed by atoms with E-state index < -0.39 is 0 Å². The van der Waals surface area contributed by atoms with Crippen LogP contribution >= 0.6 is 11.3 Å². The van der Waals surface area contributed by atoms with Gasteiger partial charge in [0.2, 0.25) is 17.7 Å². The van der Waals surface area contributed by atoms with Gasteiger partial charge in [-0.3, -0.25) is 4.79 Å². The van der Waals surface area contributed by atoms with Crippen molar-refractivity contribution in [1.29, 1.82) is 0 Å². The van der Waals surface area contributed by atoms with Crippen LogP contribution in [0.25, 0.3) is 11.5 Å². The maximum Gasteiger partial charge on any atom is 0.248 e. The first-order chi connectivity index (χ1) is 11.7. The second kappa shape index (κ2) is 7.35. The van der Waals surface area contributed by atoms with Gasteiger partial charge in [0.1, 0.15) is 5.82 Å². The van der Waals surface area contributed by atoms with Gasteiger partial charge >= 0.3 is 0 Å². The molecule has 2 heterocycles. The van der Waals surface area contributed by atoms with E-state index in [1.807, 2.05) is 23.8 Å². The number of hydrogen-bond donors (Lipinski definition) is 0. The van der Waals surface area contributed by atoms with Gasteiger partial charge in [0.25, 0.3) is 0 Å². The van der Waals surface area contributed by atoms with Gasteiger partial charge < -0.3 is 9.32 Å². The number of rotatable bonds is 6. The quantitative estimate of drug-likeness (QED) is 0.679. The van der Waals surface area contributed by atoms with E-state index in [1.165, 1.54) is 12.1 Å². The molecule has 0 aliphatic carbocycles. The smallest absolute Gasteiger partial charge is 0.248 e. The average Bonchev–Trinajstić information content (AvgIpc) is 3.26. The van der Waals surface area contributed by atoms with E-state index in [0.29, 0.717) is 30.4 Å². The Morgan fingerprint density at radius 1 is 1.25 bits per heavy atom. The number of hydrogen-bond acceptors (Lipinski definition) is 5. The van der Waals surface area contributed by atoms with Crippen molar-refractivity contribution < 1.29 is 13.6 Å². The van der Waals surface area contributed by atoms with Gasteiger partial charge in [-0.1, -0.05) is 0 Å². The Kier molecular flexibility index (Phi) is 5.00. The lowest BCUT2D eigenvalue weighted by atomic mass is 10.2. The summed E-state index contributed by atoms with van der Waals surface area (Å²) in [6.45, 7) is 2.39. The lowest BCUT2D eigenvalue weighted by Gasteiger charge is -2.20. The molecule has 0 saturated heterocycles. The van der Waals surface area contributed by atoms with Crippen LogP contribution in [0.4, 0.5) is 10.1 Å². The van der Waals surface area contributed by atoms with Gasteiger partial charge in [-0.05, 0) is 42.6 Å². The molecule has 0 atom stereocenters. The second-order valence-electron chi connectivity index (χ2n) is 5.13. The molecule has 7 heteroatoms. The van der Waals surface area contributed by atoms with Crippen molar-refractivity contribution in [2.75, 3.05) is 11.4 Å². The predicted octanol–water partition coefficient (Wildman–Crippen LogP) is 3.92. The molecule has 5 nitrogen and oxygen atoms in total. The van der Waals surface area contributed by atoms with Crippen LogP contribution in [0.15, 0.2) is 45.5 Å². The SMILES string of the molecule is CCN(C(=O)CCc1nnc(-c2ccsc2)o1)c1ccc(F)cc1. The van der Waals surface area contributed by atoms with E-state index in [-0.39, 0.29) is 18.1 Å². The molecule has 3 rings (SSSR count). The van der Waals surface area contributed by atoms with Crippen LogP contribution in [0.5, 0.6) is 0 Å². The maximum absolute atomic E-state index is 13.0. The molecule has 0 radical (unpaired) electrons. The minimum atomic E-state index is -0.325. The molecule has 0 unspecified atom stereocenters. The highest BCUT2D eigenvalue weighted by atomic mass is 32.1. The molecule has 0 aliphatic rings. The Morgan fingerprint density at radius 2 is 2.04 bits per heavy atom. The van der Waals surface area contributed by atoms with Gasteiger partial charge in [0, 0.05) is 36.0 Å². The number of thiophene rings is 1. The maximum atomic E-state index is 13.0. The van der Waals surface area contributed by atoms with E-state index in [0.717, 1.165) is 5.56 Å². The molecule has 0 aliphatic heterocycles. The molecular weight excluding hydrogens is 329 g/mol. The molecule has 124 valence electrons. The summed E-state index contributed by atoms with van der Waals surface area (Å²) in [4.78, 5) is 14.0.